The maximum atomic E-state index is 11.6. The maximum Gasteiger partial charge on any atom is 0.279 e. The molecule has 0 atom stereocenters. The molecule has 1 amide bonds. The summed E-state index contributed by atoms with van der Waals surface area (Å²) < 4.78 is 0. The third kappa shape index (κ3) is 5.95. The van der Waals surface area contributed by atoms with E-state index in [2.05, 4.69) is 30.3 Å². The van der Waals surface area contributed by atoms with E-state index in [1.807, 2.05) is 11.4 Å². The summed E-state index contributed by atoms with van der Waals surface area (Å²) in [6, 6.07) is 3.59. The maximum absolute atomic E-state index is 11.6. The molecule has 0 aliphatic rings. The van der Waals surface area contributed by atoms with Gasteiger partial charge in [-0.3, -0.25) is 15.6 Å². The standard InChI is InChI=1S/C11H18N4OS2/c1-15(2)7-4-6-12-11(17)14-13-10(16)9-5-3-8-18-9/h3,5,8H,4,6-7H2,1-2H3,(H,13,16)(H2,12,14,17)/p+1. The number of hydrazine groups is 1. The molecule has 0 saturated carbocycles. The molecule has 0 aliphatic heterocycles. The Labute approximate surface area is 117 Å². The zero-order chi connectivity index (χ0) is 13.4. The van der Waals surface area contributed by atoms with Gasteiger partial charge in [-0.1, -0.05) is 6.07 Å². The van der Waals surface area contributed by atoms with Crippen LogP contribution >= 0.6 is 23.6 Å². The zero-order valence-corrected chi connectivity index (χ0v) is 12.2. The number of hydrogen-bond acceptors (Lipinski definition) is 3. The monoisotopic (exact) mass is 287 g/mol. The molecule has 1 heterocycles. The van der Waals surface area contributed by atoms with Crippen LogP contribution in [0, 0.1) is 0 Å². The van der Waals surface area contributed by atoms with Gasteiger partial charge in [0.15, 0.2) is 5.11 Å². The van der Waals surface area contributed by atoms with Gasteiger partial charge >= 0.3 is 0 Å². The molecule has 100 valence electrons. The first-order valence-electron chi connectivity index (χ1n) is 5.76. The van der Waals surface area contributed by atoms with Crippen molar-refractivity contribution >= 4 is 34.6 Å². The molecule has 5 nitrogen and oxygen atoms in total. The van der Waals surface area contributed by atoms with Crippen LogP contribution in [0.1, 0.15) is 16.1 Å². The Bertz CT molecular complexity index is 378. The topological polar surface area (TPSA) is 57.6 Å². The summed E-state index contributed by atoms with van der Waals surface area (Å²) in [6.07, 6.45) is 1.03. The lowest BCUT2D eigenvalue weighted by Gasteiger charge is -2.11. The van der Waals surface area contributed by atoms with Crippen molar-refractivity contribution in [1.82, 2.24) is 16.2 Å². The van der Waals surface area contributed by atoms with Gasteiger partial charge in [-0.2, -0.15) is 0 Å². The Kier molecular flexibility index (Phi) is 6.63. The van der Waals surface area contributed by atoms with E-state index in [9.17, 15) is 4.79 Å². The number of thiophene rings is 1. The van der Waals surface area contributed by atoms with Crippen molar-refractivity contribution in [3.63, 3.8) is 0 Å². The first-order valence-corrected chi connectivity index (χ1v) is 7.05. The average Bonchev–Trinajstić information content (AvgIpc) is 2.85. The molecule has 0 unspecified atom stereocenters. The number of hydrogen-bond donors (Lipinski definition) is 4. The van der Waals surface area contributed by atoms with Crippen molar-refractivity contribution in [2.45, 2.75) is 6.42 Å². The molecular formula is C11H19N4OS2+. The van der Waals surface area contributed by atoms with Crippen molar-refractivity contribution in [1.29, 1.82) is 0 Å². The molecule has 0 fully saturated rings. The molecule has 4 N–H and O–H groups in total. The minimum atomic E-state index is -0.174. The molecule has 7 heteroatoms. The molecular weight excluding hydrogens is 268 g/mol. The lowest BCUT2D eigenvalue weighted by atomic mass is 10.4. The van der Waals surface area contributed by atoms with Gasteiger partial charge in [0.05, 0.1) is 25.5 Å². The third-order valence-electron chi connectivity index (χ3n) is 2.17. The molecule has 1 rings (SSSR count). The van der Waals surface area contributed by atoms with E-state index in [1.54, 1.807) is 6.07 Å². The number of amides is 1. The highest BCUT2D eigenvalue weighted by molar-refractivity contribution is 7.80. The van der Waals surface area contributed by atoms with Gasteiger partial charge in [0.2, 0.25) is 0 Å². The van der Waals surface area contributed by atoms with Gasteiger partial charge < -0.3 is 10.2 Å². The first kappa shape index (κ1) is 14.9. The van der Waals surface area contributed by atoms with Gasteiger partial charge in [-0.25, -0.2) is 0 Å². The Hall–Kier alpha value is -1.18. The molecule has 0 spiro atoms. The van der Waals surface area contributed by atoms with Crippen LogP contribution in [0.25, 0.3) is 0 Å². The first-order chi connectivity index (χ1) is 8.59. The van der Waals surface area contributed by atoms with Crippen LogP contribution in [-0.4, -0.2) is 38.2 Å². The van der Waals surface area contributed by atoms with Gasteiger partial charge in [-0.15, -0.1) is 11.3 Å². The number of quaternary nitrogens is 1. The highest BCUT2D eigenvalue weighted by Crippen LogP contribution is 2.06. The number of thiocarbonyl (C=S) groups is 1. The SMILES string of the molecule is C[NH+](C)CCCNC(=S)NNC(=O)c1cccs1. The summed E-state index contributed by atoms with van der Waals surface area (Å²) in [6.45, 7) is 1.88. The van der Waals surface area contributed by atoms with E-state index in [1.165, 1.54) is 16.2 Å². The summed E-state index contributed by atoms with van der Waals surface area (Å²) in [4.78, 5) is 13.6. The lowest BCUT2D eigenvalue weighted by molar-refractivity contribution is -0.858. The van der Waals surface area contributed by atoms with E-state index >= 15 is 0 Å². The van der Waals surface area contributed by atoms with Crippen LogP contribution in [0.5, 0.6) is 0 Å². The highest BCUT2D eigenvalue weighted by Gasteiger charge is 2.05. The summed E-state index contributed by atoms with van der Waals surface area (Å²) in [7, 11) is 4.22. The minimum Gasteiger partial charge on any atom is -0.361 e. The summed E-state index contributed by atoms with van der Waals surface area (Å²) in [5.74, 6) is -0.174. The quantitative estimate of drug-likeness (QED) is 0.332. The predicted molar refractivity (Wildman–Crippen MR) is 77.8 cm³/mol. The minimum absolute atomic E-state index is 0.174. The van der Waals surface area contributed by atoms with Gasteiger partial charge in [0.1, 0.15) is 0 Å². The summed E-state index contributed by atoms with van der Waals surface area (Å²) >= 11 is 6.43. The molecule has 18 heavy (non-hydrogen) atoms. The van der Waals surface area contributed by atoms with Crippen LogP contribution in [0.3, 0.4) is 0 Å². The Morgan fingerprint density at radius 2 is 2.22 bits per heavy atom. The summed E-state index contributed by atoms with van der Waals surface area (Å²) in [5, 5.41) is 5.33. The van der Waals surface area contributed by atoms with Crippen molar-refractivity contribution in [2.24, 2.45) is 0 Å². The number of nitrogens with one attached hydrogen (secondary N) is 4. The van der Waals surface area contributed by atoms with E-state index in [4.69, 9.17) is 12.2 Å². The molecule has 0 radical (unpaired) electrons. The molecule has 1 aromatic rings. The zero-order valence-electron chi connectivity index (χ0n) is 10.6. The normalized spacial score (nSPS) is 10.2. The van der Waals surface area contributed by atoms with Crippen molar-refractivity contribution in [2.75, 3.05) is 27.2 Å². The smallest absolute Gasteiger partial charge is 0.279 e. The Morgan fingerprint density at radius 3 is 2.83 bits per heavy atom. The second kappa shape index (κ2) is 8.02. The van der Waals surface area contributed by atoms with Gasteiger partial charge in [0.25, 0.3) is 5.91 Å². The molecule has 0 aromatic carbocycles. The van der Waals surface area contributed by atoms with Crippen LogP contribution in [0.2, 0.25) is 0 Å². The lowest BCUT2D eigenvalue weighted by Crippen LogP contribution is -3.05. The van der Waals surface area contributed by atoms with E-state index in [0.717, 1.165) is 19.5 Å². The average molecular weight is 287 g/mol. The molecule has 0 bridgehead atoms. The van der Waals surface area contributed by atoms with Crippen molar-refractivity contribution < 1.29 is 9.69 Å². The number of carbonyl (C=O) groups excluding carboxylic acids is 1. The van der Waals surface area contributed by atoms with Gasteiger partial charge in [-0.05, 0) is 23.7 Å². The molecule has 0 aliphatic carbocycles. The molecule has 0 saturated heterocycles. The van der Waals surface area contributed by atoms with Crippen LogP contribution < -0.4 is 21.1 Å². The van der Waals surface area contributed by atoms with E-state index in [0.29, 0.717) is 9.99 Å². The largest absolute Gasteiger partial charge is 0.361 e. The summed E-state index contributed by atoms with van der Waals surface area (Å²) in [5.41, 5.74) is 5.23. The fourth-order valence-electron chi connectivity index (χ4n) is 1.27. The van der Waals surface area contributed by atoms with Crippen LogP contribution in [0.4, 0.5) is 0 Å². The highest BCUT2D eigenvalue weighted by atomic mass is 32.1. The van der Waals surface area contributed by atoms with Crippen LogP contribution in [-0.2, 0) is 0 Å². The van der Waals surface area contributed by atoms with Gasteiger partial charge in [0, 0.05) is 13.0 Å². The fourth-order valence-corrected chi connectivity index (χ4v) is 2.04. The van der Waals surface area contributed by atoms with Crippen molar-refractivity contribution in [3.05, 3.63) is 22.4 Å². The Balaban J connectivity index is 2.12. The van der Waals surface area contributed by atoms with E-state index in [-0.39, 0.29) is 5.91 Å². The number of rotatable bonds is 5. The second-order valence-electron chi connectivity index (χ2n) is 4.12. The predicted octanol–water partition coefficient (Wildman–Crippen LogP) is -0.608. The van der Waals surface area contributed by atoms with E-state index < -0.39 is 0 Å². The molecule has 1 aromatic heterocycles. The van der Waals surface area contributed by atoms with Crippen LogP contribution in [0.15, 0.2) is 17.5 Å². The third-order valence-corrected chi connectivity index (χ3v) is 3.29. The number of carbonyl (C=O) groups is 1. The fraction of sp³-hybridized carbons (Fsp3) is 0.455. The second-order valence-corrected chi connectivity index (χ2v) is 5.48. The Morgan fingerprint density at radius 1 is 1.44 bits per heavy atom. The van der Waals surface area contributed by atoms with Crippen molar-refractivity contribution in [3.8, 4) is 0 Å².